The van der Waals surface area contributed by atoms with Crippen molar-refractivity contribution in [2.45, 2.75) is 70.4 Å². The van der Waals surface area contributed by atoms with Gasteiger partial charge >= 0.3 is 5.97 Å². The molecule has 0 bridgehead atoms. The lowest BCUT2D eigenvalue weighted by atomic mass is 9.96. The molecule has 1 fully saturated rings. The summed E-state index contributed by atoms with van der Waals surface area (Å²) in [4.78, 5) is 11.9. The first-order chi connectivity index (χ1) is 9.77. The van der Waals surface area contributed by atoms with Gasteiger partial charge in [0.05, 0.1) is 7.11 Å². The summed E-state index contributed by atoms with van der Waals surface area (Å²) in [5.74, 6) is -0.551. The Balaban J connectivity index is 2.87. The summed E-state index contributed by atoms with van der Waals surface area (Å²) in [7, 11) is -0.854. The van der Waals surface area contributed by atoms with Crippen molar-refractivity contribution in [1.82, 2.24) is 9.03 Å². The molecule has 7 heteroatoms. The molecule has 0 amide bonds. The molecule has 1 saturated carbocycles. The maximum absolute atomic E-state index is 12.5. The second-order valence-electron chi connectivity index (χ2n) is 5.99. The van der Waals surface area contributed by atoms with E-state index in [4.69, 9.17) is 4.74 Å². The van der Waals surface area contributed by atoms with Crippen molar-refractivity contribution in [2.24, 2.45) is 0 Å². The van der Waals surface area contributed by atoms with Gasteiger partial charge in [-0.15, -0.1) is 0 Å². The largest absolute Gasteiger partial charge is 0.468 e. The maximum Gasteiger partial charge on any atom is 0.326 e. The maximum atomic E-state index is 12.5. The van der Waals surface area contributed by atoms with Gasteiger partial charge in [0.1, 0.15) is 5.54 Å². The van der Waals surface area contributed by atoms with E-state index in [0.29, 0.717) is 12.8 Å². The Morgan fingerprint density at radius 2 is 1.90 bits per heavy atom. The summed E-state index contributed by atoms with van der Waals surface area (Å²) in [6, 6.07) is 0.0137. The van der Waals surface area contributed by atoms with Gasteiger partial charge in [0, 0.05) is 13.1 Å². The monoisotopic (exact) mass is 320 g/mol. The first-order valence-corrected chi connectivity index (χ1v) is 9.06. The Hall–Kier alpha value is -0.660. The number of hydrogen-bond donors (Lipinski definition) is 1. The van der Waals surface area contributed by atoms with Gasteiger partial charge in [0.25, 0.3) is 10.2 Å². The standard InChI is InChI=1S/C14H28N2O4S/c1-5-11-14(2,13(17)20-4)15-21(18,19)16(3)12-9-7-6-8-10-12/h12,15H,5-11H2,1-4H3. The molecule has 1 rings (SSSR count). The van der Waals surface area contributed by atoms with Crippen molar-refractivity contribution in [1.29, 1.82) is 0 Å². The Bertz CT molecular complexity index is 446. The molecule has 1 N–H and O–H groups in total. The van der Waals surface area contributed by atoms with Gasteiger partial charge in [-0.1, -0.05) is 32.6 Å². The van der Waals surface area contributed by atoms with Gasteiger partial charge in [-0.2, -0.15) is 17.4 Å². The number of rotatable bonds is 7. The summed E-state index contributed by atoms with van der Waals surface area (Å²) in [6.07, 6.45) is 6.09. The zero-order valence-electron chi connectivity index (χ0n) is 13.5. The van der Waals surface area contributed by atoms with Crippen LogP contribution in [-0.2, 0) is 19.7 Å². The minimum Gasteiger partial charge on any atom is -0.468 e. The van der Waals surface area contributed by atoms with Crippen LogP contribution in [0.25, 0.3) is 0 Å². The van der Waals surface area contributed by atoms with Gasteiger partial charge in [-0.3, -0.25) is 4.79 Å². The lowest BCUT2D eigenvalue weighted by molar-refractivity contribution is -0.147. The van der Waals surface area contributed by atoms with Crippen LogP contribution >= 0.6 is 0 Å². The molecule has 0 aromatic heterocycles. The number of carbonyl (C=O) groups is 1. The van der Waals surface area contributed by atoms with Crippen LogP contribution in [0.5, 0.6) is 0 Å². The van der Waals surface area contributed by atoms with Crippen LogP contribution < -0.4 is 4.72 Å². The normalized spacial score (nSPS) is 20.2. The molecule has 0 spiro atoms. The Morgan fingerprint density at radius 3 is 2.38 bits per heavy atom. The summed E-state index contributed by atoms with van der Waals surface area (Å²) in [5, 5.41) is 0. The van der Waals surface area contributed by atoms with Crippen molar-refractivity contribution in [2.75, 3.05) is 14.2 Å². The van der Waals surface area contributed by atoms with Gasteiger partial charge in [0.2, 0.25) is 0 Å². The average Bonchev–Trinajstić information content (AvgIpc) is 2.46. The molecule has 6 nitrogen and oxygen atoms in total. The topological polar surface area (TPSA) is 75.7 Å². The lowest BCUT2D eigenvalue weighted by Gasteiger charge is -2.34. The van der Waals surface area contributed by atoms with Crippen molar-refractivity contribution in [3.63, 3.8) is 0 Å². The van der Waals surface area contributed by atoms with E-state index in [0.717, 1.165) is 32.1 Å². The first kappa shape index (κ1) is 18.4. The van der Waals surface area contributed by atoms with Crippen molar-refractivity contribution >= 4 is 16.2 Å². The van der Waals surface area contributed by atoms with Crippen LogP contribution in [0.15, 0.2) is 0 Å². The van der Waals surface area contributed by atoms with E-state index >= 15 is 0 Å². The molecule has 0 radical (unpaired) electrons. The van der Waals surface area contributed by atoms with E-state index in [1.807, 2.05) is 6.92 Å². The zero-order chi connectivity index (χ0) is 16.1. The number of nitrogens with one attached hydrogen (secondary N) is 1. The predicted molar refractivity (Wildman–Crippen MR) is 82.0 cm³/mol. The average molecular weight is 320 g/mol. The number of methoxy groups -OCH3 is 1. The SMILES string of the molecule is CCCC(C)(NS(=O)(=O)N(C)C1CCCCC1)C(=O)OC. The molecular weight excluding hydrogens is 292 g/mol. The van der Waals surface area contributed by atoms with Crippen LogP contribution in [0.4, 0.5) is 0 Å². The summed E-state index contributed by atoms with van der Waals surface area (Å²) in [5.41, 5.74) is -1.22. The highest BCUT2D eigenvalue weighted by Gasteiger charge is 2.40. The number of esters is 1. The minimum absolute atomic E-state index is 0.0137. The fourth-order valence-corrected chi connectivity index (χ4v) is 4.42. The molecule has 1 aliphatic carbocycles. The third kappa shape index (κ3) is 4.66. The van der Waals surface area contributed by atoms with Gasteiger partial charge < -0.3 is 4.74 Å². The third-order valence-corrected chi connectivity index (χ3v) is 5.97. The van der Waals surface area contributed by atoms with Gasteiger partial charge in [0.15, 0.2) is 0 Å². The Kier molecular flexibility index (Phi) is 6.62. The molecule has 0 aromatic rings. The van der Waals surface area contributed by atoms with Crippen LogP contribution in [0.2, 0.25) is 0 Å². The van der Waals surface area contributed by atoms with Crippen molar-refractivity contribution in [3.8, 4) is 0 Å². The fraction of sp³-hybridized carbons (Fsp3) is 0.929. The van der Waals surface area contributed by atoms with E-state index in [2.05, 4.69) is 4.72 Å². The zero-order valence-corrected chi connectivity index (χ0v) is 14.3. The molecule has 124 valence electrons. The number of carbonyl (C=O) groups excluding carboxylic acids is 1. The predicted octanol–water partition coefficient (Wildman–Crippen LogP) is 1.82. The molecule has 0 aromatic carbocycles. The number of ether oxygens (including phenoxy) is 1. The molecular formula is C14H28N2O4S. The molecule has 0 saturated heterocycles. The Morgan fingerprint density at radius 1 is 1.33 bits per heavy atom. The van der Waals surface area contributed by atoms with E-state index in [9.17, 15) is 13.2 Å². The van der Waals surface area contributed by atoms with E-state index in [1.165, 1.54) is 11.4 Å². The highest BCUT2D eigenvalue weighted by molar-refractivity contribution is 7.87. The van der Waals surface area contributed by atoms with Crippen LogP contribution in [0, 0.1) is 0 Å². The molecule has 0 heterocycles. The van der Waals surface area contributed by atoms with E-state index in [1.54, 1.807) is 14.0 Å². The van der Waals surface area contributed by atoms with Crippen molar-refractivity contribution < 1.29 is 17.9 Å². The summed E-state index contributed by atoms with van der Waals surface area (Å²) >= 11 is 0. The van der Waals surface area contributed by atoms with Crippen LogP contribution in [0.1, 0.15) is 58.8 Å². The number of nitrogens with zero attached hydrogens (tertiary/aromatic N) is 1. The Labute approximate surface area is 128 Å². The second kappa shape index (κ2) is 7.56. The number of hydrogen-bond acceptors (Lipinski definition) is 4. The van der Waals surface area contributed by atoms with Crippen molar-refractivity contribution in [3.05, 3.63) is 0 Å². The van der Waals surface area contributed by atoms with Gasteiger partial charge in [-0.25, -0.2) is 0 Å². The summed E-state index contributed by atoms with van der Waals surface area (Å²) < 4.78 is 33.8. The fourth-order valence-electron chi connectivity index (χ4n) is 2.92. The smallest absolute Gasteiger partial charge is 0.326 e. The molecule has 1 aliphatic rings. The van der Waals surface area contributed by atoms with E-state index in [-0.39, 0.29) is 6.04 Å². The minimum atomic E-state index is -3.71. The van der Waals surface area contributed by atoms with Gasteiger partial charge in [-0.05, 0) is 26.2 Å². The highest BCUT2D eigenvalue weighted by Crippen LogP contribution is 2.24. The van der Waals surface area contributed by atoms with Crippen LogP contribution in [-0.4, -0.2) is 44.4 Å². The quantitative estimate of drug-likeness (QED) is 0.726. The third-order valence-electron chi connectivity index (χ3n) is 4.21. The molecule has 21 heavy (non-hydrogen) atoms. The second-order valence-corrected chi connectivity index (χ2v) is 7.72. The summed E-state index contributed by atoms with van der Waals surface area (Å²) in [6.45, 7) is 3.48. The van der Waals surface area contributed by atoms with Crippen LogP contribution in [0.3, 0.4) is 0 Å². The van der Waals surface area contributed by atoms with E-state index < -0.39 is 21.7 Å². The highest BCUT2D eigenvalue weighted by atomic mass is 32.2. The first-order valence-electron chi connectivity index (χ1n) is 7.62. The molecule has 0 aliphatic heterocycles. The molecule has 1 atom stereocenters. The lowest BCUT2D eigenvalue weighted by Crippen LogP contribution is -2.57. The molecule has 1 unspecified atom stereocenters.